The third-order valence-electron chi connectivity index (χ3n) is 4.60. The first-order chi connectivity index (χ1) is 10.2. The Hall–Kier alpha value is -1.55. The molecule has 1 unspecified atom stereocenters. The van der Waals surface area contributed by atoms with E-state index in [2.05, 4.69) is 0 Å². The molecule has 1 aliphatic heterocycles. The van der Waals surface area contributed by atoms with Crippen LogP contribution in [0.25, 0.3) is 0 Å². The molecule has 0 amide bonds. The summed E-state index contributed by atoms with van der Waals surface area (Å²) in [6.07, 6.45) is 7.48. The molecule has 1 aromatic carbocycles. The van der Waals surface area contributed by atoms with Gasteiger partial charge >= 0.3 is 0 Å². The second-order valence-corrected chi connectivity index (χ2v) is 5.99. The summed E-state index contributed by atoms with van der Waals surface area (Å²) < 4.78 is 17.4. The maximum atomic E-state index is 11.2. The Labute approximate surface area is 125 Å². The number of carbonyl (C=O) groups is 1. The Bertz CT molecular complexity index is 506. The molecule has 2 aliphatic rings. The molecule has 0 N–H and O–H groups in total. The number of methoxy groups -OCH3 is 1. The van der Waals surface area contributed by atoms with Crippen LogP contribution in [0.4, 0.5) is 0 Å². The van der Waals surface area contributed by atoms with Gasteiger partial charge in [0.2, 0.25) is 0 Å². The summed E-state index contributed by atoms with van der Waals surface area (Å²) in [5, 5.41) is 0. The van der Waals surface area contributed by atoms with Crippen molar-refractivity contribution in [2.24, 2.45) is 0 Å². The van der Waals surface area contributed by atoms with Crippen LogP contribution >= 0.6 is 0 Å². The van der Waals surface area contributed by atoms with E-state index >= 15 is 0 Å². The van der Waals surface area contributed by atoms with E-state index in [1.165, 1.54) is 12.8 Å². The van der Waals surface area contributed by atoms with Crippen LogP contribution in [0.5, 0.6) is 11.5 Å². The number of benzene rings is 1. The van der Waals surface area contributed by atoms with Crippen LogP contribution in [-0.4, -0.2) is 31.7 Å². The smallest absolute Gasteiger partial charge is 0.153 e. The van der Waals surface area contributed by atoms with Crippen LogP contribution in [0, 0.1) is 0 Å². The summed E-state index contributed by atoms with van der Waals surface area (Å²) >= 11 is 0. The van der Waals surface area contributed by atoms with Gasteiger partial charge in [-0.2, -0.15) is 0 Å². The van der Waals surface area contributed by atoms with Crippen molar-refractivity contribution in [3.05, 3.63) is 23.8 Å². The first-order valence-electron chi connectivity index (χ1n) is 7.68. The van der Waals surface area contributed by atoms with Crippen LogP contribution in [0.2, 0.25) is 0 Å². The standard InChI is InChI=1S/C17H22O4/c1-19-14-5-4-13(12-18)16(10-14)21-15-6-9-20-17(11-15)7-2-3-8-17/h4-5,10,12,15H,2-3,6-9,11H2,1H3. The minimum absolute atomic E-state index is 0.0170. The highest BCUT2D eigenvalue weighted by atomic mass is 16.5. The molecular weight excluding hydrogens is 268 g/mol. The molecule has 1 saturated heterocycles. The summed E-state index contributed by atoms with van der Waals surface area (Å²) in [7, 11) is 1.61. The highest BCUT2D eigenvalue weighted by molar-refractivity contribution is 5.79. The molecule has 4 heteroatoms. The number of rotatable bonds is 4. The number of aldehydes is 1. The van der Waals surface area contributed by atoms with Crippen LogP contribution in [0.3, 0.4) is 0 Å². The lowest BCUT2D eigenvalue weighted by Gasteiger charge is -2.38. The zero-order valence-electron chi connectivity index (χ0n) is 12.5. The van der Waals surface area contributed by atoms with Gasteiger partial charge in [-0.1, -0.05) is 12.8 Å². The van der Waals surface area contributed by atoms with Crippen molar-refractivity contribution in [1.29, 1.82) is 0 Å². The lowest BCUT2D eigenvalue weighted by molar-refractivity contribution is -0.108. The molecule has 3 rings (SSSR count). The van der Waals surface area contributed by atoms with Crippen molar-refractivity contribution in [2.75, 3.05) is 13.7 Å². The number of hydrogen-bond donors (Lipinski definition) is 0. The Balaban J connectivity index is 1.75. The highest BCUT2D eigenvalue weighted by Crippen LogP contribution is 2.41. The summed E-state index contributed by atoms with van der Waals surface area (Å²) in [6, 6.07) is 5.31. The number of carbonyl (C=O) groups excluding carboxylic acids is 1. The minimum Gasteiger partial charge on any atom is -0.497 e. The Morgan fingerprint density at radius 2 is 2.14 bits per heavy atom. The van der Waals surface area contributed by atoms with Crippen molar-refractivity contribution in [3.8, 4) is 11.5 Å². The molecule has 1 aromatic rings. The average Bonchev–Trinajstić information content (AvgIpc) is 2.95. The minimum atomic E-state index is 0.0170. The van der Waals surface area contributed by atoms with Gasteiger partial charge < -0.3 is 14.2 Å². The van der Waals surface area contributed by atoms with Crippen molar-refractivity contribution < 1.29 is 19.0 Å². The topological polar surface area (TPSA) is 44.8 Å². The van der Waals surface area contributed by atoms with Crippen molar-refractivity contribution in [1.82, 2.24) is 0 Å². The zero-order chi connectivity index (χ0) is 14.7. The van der Waals surface area contributed by atoms with Crippen LogP contribution in [-0.2, 0) is 4.74 Å². The van der Waals surface area contributed by atoms with Crippen molar-refractivity contribution in [3.63, 3.8) is 0 Å². The summed E-state index contributed by atoms with van der Waals surface area (Å²) in [4.78, 5) is 11.2. The molecule has 4 nitrogen and oxygen atoms in total. The maximum Gasteiger partial charge on any atom is 0.153 e. The van der Waals surface area contributed by atoms with E-state index in [9.17, 15) is 4.79 Å². The molecule has 21 heavy (non-hydrogen) atoms. The molecule has 1 heterocycles. The van der Waals surface area contributed by atoms with Gasteiger partial charge in [-0.05, 0) is 25.0 Å². The number of ether oxygens (including phenoxy) is 3. The van der Waals surface area contributed by atoms with Gasteiger partial charge in [-0.25, -0.2) is 0 Å². The molecule has 1 atom stereocenters. The van der Waals surface area contributed by atoms with Crippen molar-refractivity contribution >= 4 is 6.29 Å². The molecule has 1 aliphatic carbocycles. The first kappa shape index (κ1) is 14.4. The third-order valence-corrected chi connectivity index (χ3v) is 4.60. The van der Waals surface area contributed by atoms with E-state index in [1.807, 2.05) is 0 Å². The summed E-state index contributed by atoms with van der Waals surface area (Å²) in [5.74, 6) is 1.32. The number of hydrogen-bond acceptors (Lipinski definition) is 4. The van der Waals surface area contributed by atoms with Gasteiger partial charge in [0.25, 0.3) is 0 Å². The van der Waals surface area contributed by atoms with Crippen LogP contribution in [0.1, 0.15) is 48.9 Å². The molecule has 0 radical (unpaired) electrons. The van der Waals surface area contributed by atoms with Gasteiger partial charge in [0.1, 0.15) is 17.6 Å². The average molecular weight is 290 g/mol. The first-order valence-corrected chi connectivity index (χ1v) is 7.68. The predicted molar refractivity (Wildman–Crippen MR) is 79.2 cm³/mol. The molecule has 2 fully saturated rings. The van der Waals surface area contributed by atoms with E-state index in [1.54, 1.807) is 25.3 Å². The normalized spacial score (nSPS) is 24.0. The van der Waals surface area contributed by atoms with Gasteiger partial charge in [0.05, 0.1) is 24.9 Å². The lowest BCUT2D eigenvalue weighted by Crippen LogP contribution is -2.41. The van der Waals surface area contributed by atoms with Gasteiger partial charge in [0, 0.05) is 18.9 Å². The Morgan fingerprint density at radius 1 is 1.33 bits per heavy atom. The van der Waals surface area contributed by atoms with Crippen LogP contribution in [0.15, 0.2) is 18.2 Å². The molecular formula is C17H22O4. The third kappa shape index (κ3) is 3.05. The van der Waals surface area contributed by atoms with Gasteiger partial charge in [-0.3, -0.25) is 4.79 Å². The van der Waals surface area contributed by atoms with E-state index in [0.29, 0.717) is 17.1 Å². The summed E-state index contributed by atoms with van der Waals surface area (Å²) in [6.45, 7) is 0.741. The lowest BCUT2D eigenvalue weighted by atomic mass is 9.90. The Morgan fingerprint density at radius 3 is 2.86 bits per heavy atom. The molecule has 1 saturated carbocycles. The SMILES string of the molecule is COc1ccc(C=O)c(OC2CCOC3(CCCC3)C2)c1. The summed E-state index contributed by atoms with van der Waals surface area (Å²) in [5.41, 5.74) is 0.589. The van der Waals surface area contributed by atoms with Crippen molar-refractivity contribution in [2.45, 2.75) is 50.2 Å². The van der Waals surface area contributed by atoms with E-state index in [0.717, 1.165) is 38.6 Å². The van der Waals surface area contributed by atoms with Gasteiger partial charge in [0.15, 0.2) is 6.29 Å². The second kappa shape index (κ2) is 6.06. The van der Waals surface area contributed by atoms with E-state index in [4.69, 9.17) is 14.2 Å². The molecule has 114 valence electrons. The largest absolute Gasteiger partial charge is 0.497 e. The Kier molecular flexibility index (Phi) is 4.15. The fourth-order valence-corrected chi connectivity index (χ4v) is 3.47. The van der Waals surface area contributed by atoms with Gasteiger partial charge in [-0.15, -0.1) is 0 Å². The fraction of sp³-hybridized carbons (Fsp3) is 0.588. The predicted octanol–water partition coefficient (Wildman–Crippen LogP) is 3.38. The van der Waals surface area contributed by atoms with Crippen LogP contribution < -0.4 is 9.47 Å². The molecule has 0 bridgehead atoms. The zero-order valence-corrected chi connectivity index (χ0v) is 12.5. The second-order valence-electron chi connectivity index (χ2n) is 5.99. The van der Waals surface area contributed by atoms with E-state index < -0.39 is 0 Å². The molecule has 0 aromatic heterocycles. The highest BCUT2D eigenvalue weighted by Gasteiger charge is 2.40. The monoisotopic (exact) mass is 290 g/mol. The molecule has 1 spiro atoms. The fourth-order valence-electron chi connectivity index (χ4n) is 3.47. The van der Waals surface area contributed by atoms with E-state index in [-0.39, 0.29) is 11.7 Å². The quantitative estimate of drug-likeness (QED) is 0.797. The maximum absolute atomic E-state index is 11.2.